The molecule has 1 aliphatic rings. The van der Waals surface area contributed by atoms with Gasteiger partial charge in [-0.15, -0.1) is 6.42 Å². The van der Waals surface area contributed by atoms with Gasteiger partial charge in [0.1, 0.15) is 0 Å². The van der Waals surface area contributed by atoms with Gasteiger partial charge in [0.25, 0.3) is 0 Å². The highest BCUT2D eigenvalue weighted by Crippen LogP contribution is 2.31. The highest BCUT2D eigenvalue weighted by atomic mass is 16.2. The minimum atomic E-state index is -0.559. The first-order valence-electron chi connectivity index (χ1n) is 9.24. The summed E-state index contributed by atoms with van der Waals surface area (Å²) >= 11 is 0. The number of carbonyl (C=O) groups excluding carboxylic acids is 3. The van der Waals surface area contributed by atoms with E-state index in [4.69, 9.17) is 6.42 Å². The lowest BCUT2D eigenvalue weighted by atomic mass is 9.88. The summed E-state index contributed by atoms with van der Waals surface area (Å²) in [5.41, 5.74) is 0. The van der Waals surface area contributed by atoms with Crippen LogP contribution in [0.5, 0.6) is 0 Å². The van der Waals surface area contributed by atoms with Crippen molar-refractivity contribution < 1.29 is 14.4 Å². The van der Waals surface area contributed by atoms with Crippen molar-refractivity contribution in [3.8, 4) is 107 Å². The Balaban J connectivity index is 2.56. The smallest absolute Gasteiger partial charge is 0.239 e. The normalized spacial score (nSPS) is 15.4. The number of amides is 3. The lowest BCUT2D eigenvalue weighted by Crippen LogP contribution is -2.35. The third kappa shape index (κ3) is 8.47. The number of hydrogen-bond donors (Lipinski definition) is 0. The molecule has 0 aliphatic carbocycles. The standard InChI is InChI=1S/C28H15NO3/c1-5-6-7-8-9-10-11-12-13-14-15-16-17-18-19-20-21-23(2)22-26-24(3)27(31)29(25(4)30)28(26)32/h1,23-24,26H,22H2,2-4H3. The van der Waals surface area contributed by atoms with E-state index < -0.39 is 29.6 Å². The Morgan fingerprint density at radius 1 is 0.812 bits per heavy atom. The Morgan fingerprint density at radius 2 is 1.22 bits per heavy atom. The molecule has 1 saturated heterocycles. The van der Waals surface area contributed by atoms with Crippen molar-refractivity contribution in [1.82, 2.24) is 4.90 Å². The molecular weight excluding hydrogens is 398 g/mol. The third-order valence-electron chi connectivity index (χ3n) is 3.94. The van der Waals surface area contributed by atoms with Gasteiger partial charge in [0, 0.05) is 18.8 Å². The molecule has 4 nitrogen and oxygen atoms in total. The quantitative estimate of drug-likeness (QED) is 0.498. The van der Waals surface area contributed by atoms with Crippen LogP contribution in [-0.2, 0) is 14.4 Å². The molecule has 3 amide bonds. The van der Waals surface area contributed by atoms with Gasteiger partial charge in [0.15, 0.2) is 0 Å². The second-order valence-electron chi connectivity index (χ2n) is 6.23. The molecule has 1 aliphatic heterocycles. The fourth-order valence-electron chi connectivity index (χ4n) is 2.52. The van der Waals surface area contributed by atoms with E-state index in [-0.39, 0.29) is 5.92 Å². The lowest BCUT2D eigenvalue weighted by molar-refractivity contribution is -0.149. The van der Waals surface area contributed by atoms with Gasteiger partial charge in [0.05, 0.1) is 5.92 Å². The van der Waals surface area contributed by atoms with E-state index in [2.05, 4.69) is 101 Å². The molecule has 150 valence electrons. The highest BCUT2D eigenvalue weighted by molar-refractivity contribution is 6.16. The number of imide groups is 3. The fraction of sp³-hybridized carbons (Fsp3) is 0.250. The second-order valence-corrected chi connectivity index (χ2v) is 6.23. The third-order valence-corrected chi connectivity index (χ3v) is 3.94. The molecule has 32 heavy (non-hydrogen) atoms. The first-order chi connectivity index (χ1) is 15.4. The fourth-order valence-corrected chi connectivity index (χ4v) is 2.52. The molecule has 3 unspecified atom stereocenters. The zero-order valence-electron chi connectivity index (χ0n) is 17.7. The van der Waals surface area contributed by atoms with E-state index in [9.17, 15) is 14.4 Å². The summed E-state index contributed by atoms with van der Waals surface area (Å²) in [6.45, 7) is 4.67. The summed E-state index contributed by atoms with van der Waals surface area (Å²) in [6.07, 6.45) is 5.29. The molecule has 0 aromatic carbocycles. The minimum absolute atomic E-state index is 0.182. The van der Waals surface area contributed by atoms with E-state index >= 15 is 0 Å². The van der Waals surface area contributed by atoms with Crippen molar-refractivity contribution in [2.45, 2.75) is 27.2 Å². The number of hydrogen-bond acceptors (Lipinski definition) is 3. The van der Waals surface area contributed by atoms with Gasteiger partial charge in [-0.1, -0.05) is 19.8 Å². The maximum Gasteiger partial charge on any atom is 0.239 e. The van der Waals surface area contributed by atoms with Gasteiger partial charge >= 0.3 is 0 Å². The predicted molar refractivity (Wildman–Crippen MR) is 120 cm³/mol. The lowest BCUT2D eigenvalue weighted by Gasteiger charge is -2.13. The van der Waals surface area contributed by atoms with Crippen molar-refractivity contribution in [3.63, 3.8) is 0 Å². The Bertz CT molecular complexity index is 1360. The molecule has 3 atom stereocenters. The highest BCUT2D eigenvalue weighted by Gasteiger charge is 2.46. The molecule has 0 radical (unpaired) electrons. The second kappa shape index (κ2) is 13.9. The monoisotopic (exact) mass is 413 g/mol. The summed E-state index contributed by atoms with van der Waals surface area (Å²) in [5, 5.41) is 0. The number of nitrogens with zero attached hydrogens (tertiary/aromatic N) is 1. The Hall–Kier alpha value is -5.15. The topological polar surface area (TPSA) is 54.5 Å². The molecule has 0 N–H and O–H groups in total. The van der Waals surface area contributed by atoms with Crippen LogP contribution in [0.3, 0.4) is 0 Å². The molecular formula is C28H15NO3. The van der Waals surface area contributed by atoms with Crippen molar-refractivity contribution in [1.29, 1.82) is 0 Å². The van der Waals surface area contributed by atoms with Crippen molar-refractivity contribution in [3.05, 3.63) is 0 Å². The van der Waals surface area contributed by atoms with Crippen molar-refractivity contribution in [2.75, 3.05) is 0 Å². The molecule has 0 saturated carbocycles. The molecule has 0 bridgehead atoms. The van der Waals surface area contributed by atoms with E-state index in [1.165, 1.54) is 6.92 Å². The van der Waals surface area contributed by atoms with E-state index in [0.717, 1.165) is 4.90 Å². The van der Waals surface area contributed by atoms with Crippen LogP contribution in [0.4, 0.5) is 0 Å². The van der Waals surface area contributed by atoms with E-state index in [1.54, 1.807) is 6.92 Å². The summed E-state index contributed by atoms with van der Waals surface area (Å²) in [7, 11) is 0. The Kier molecular flexibility index (Phi) is 10.8. The van der Waals surface area contributed by atoms with Gasteiger partial charge in [0.2, 0.25) is 17.7 Å². The molecule has 1 heterocycles. The maximum absolute atomic E-state index is 12.3. The van der Waals surface area contributed by atoms with Gasteiger partial charge in [-0.3, -0.25) is 14.4 Å². The summed E-state index contributed by atoms with van der Waals surface area (Å²) in [4.78, 5) is 36.5. The van der Waals surface area contributed by atoms with Crippen LogP contribution >= 0.6 is 0 Å². The van der Waals surface area contributed by atoms with Crippen LogP contribution in [0.25, 0.3) is 0 Å². The molecule has 1 rings (SSSR count). The molecule has 1 fully saturated rings. The van der Waals surface area contributed by atoms with E-state index in [0.29, 0.717) is 6.42 Å². The van der Waals surface area contributed by atoms with Gasteiger partial charge in [-0.25, -0.2) is 4.90 Å². The summed E-state index contributed by atoms with van der Waals surface area (Å²) < 4.78 is 0. The largest absolute Gasteiger partial charge is 0.274 e. The molecule has 0 aromatic rings. The van der Waals surface area contributed by atoms with Crippen molar-refractivity contribution in [2.24, 2.45) is 17.8 Å². The number of terminal acetylenes is 1. The van der Waals surface area contributed by atoms with Crippen LogP contribution in [0.1, 0.15) is 27.2 Å². The van der Waals surface area contributed by atoms with Crippen LogP contribution in [0, 0.1) is 125 Å². The first kappa shape index (κ1) is 24.9. The average molecular weight is 413 g/mol. The van der Waals surface area contributed by atoms with Crippen molar-refractivity contribution >= 4 is 17.7 Å². The van der Waals surface area contributed by atoms with Crippen LogP contribution < -0.4 is 0 Å². The molecule has 0 aromatic heterocycles. The minimum Gasteiger partial charge on any atom is -0.274 e. The number of rotatable bonds is 2. The zero-order valence-corrected chi connectivity index (χ0v) is 17.7. The van der Waals surface area contributed by atoms with Gasteiger partial charge in [-0.2, -0.15) is 0 Å². The van der Waals surface area contributed by atoms with E-state index in [1.807, 2.05) is 6.92 Å². The Labute approximate surface area is 189 Å². The Morgan fingerprint density at radius 3 is 1.59 bits per heavy atom. The maximum atomic E-state index is 12.3. The predicted octanol–water partition coefficient (Wildman–Crippen LogP) is 0.841. The summed E-state index contributed by atoms with van der Waals surface area (Å²) in [5.74, 6) is 39.5. The van der Waals surface area contributed by atoms with Crippen LogP contribution in [0.15, 0.2) is 0 Å². The van der Waals surface area contributed by atoms with Crippen LogP contribution in [-0.4, -0.2) is 22.6 Å². The van der Waals surface area contributed by atoms with Gasteiger partial charge < -0.3 is 0 Å². The first-order valence-corrected chi connectivity index (χ1v) is 9.24. The van der Waals surface area contributed by atoms with Crippen LogP contribution in [0.2, 0.25) is 0 Å². The number of carbonyl (C=O) groups is 3. The van der Waals surface area contributed by atoms with Gasteiger partial charge in [-0.05, 0) is 101 Å². The summed E-state index contributed by atoms with van der Waals surface area (Å²) in [6, 6.07) is 0. The molecule has 4 heteroatoms. The zero-order chi connectivity index (χ0) is 23.8. The number of likely N-dealkylation sites (tertiary alicyclic amines) is 1. The SMILES string of the molecule is C#CC#CC#CC#CC#CC#CC#CC#CC#CC(C)CC1C(=O)N(C(C)=O)C(=O)C1C. The molecule has 0 spiro atoms. The average Bonchev–Trinajstić information content (AvgIpc) is 2.96.